The maximum atomic E-state index is 13.4. The van der Waals surface area contributed by atoms with Crippen molar-refractivity contribution < 1.29 is 18.7 Å². The number of aryl methyl sites for hydroxylation is 1. The number of hydrogen-bond donors (Lipinski definition) is 2. The van der Waals surface area contributed by atoms with Crippen LogP contribution in [0.15, 0.2) is 36.5 Å². The van der Waals surface area contributed by atoms with E-state index >= 15 is 0 Å². The van der Waals surface area contributed by atoms with Gasteiger partial charge in [-0.3, -0.25) is 9.59 Å². The van der Waals surface area contributed by atoms with Gasteiger partial charge in [-0.2, -0.15) is 0 Å². The van der Waals surface area contributed by atoms with Crippen LogP contribution < -0.4 is 15.4 Å². The largest absolute Gasteiger partial charge is 0.484 e. The summed E-state index contributed by atoms with van der Waals surface area (Å²) >= 11 is 5.61. The summed E-state index contributed by atoms with van der Waals surface area (Å²) in [6, 6.07) is 7.66. The van der Waals surface area contributed by atoms with Crippen LogP contribution in [0.25, 0.3) is 0 Å². The number of nitrogens with one attached hydrogen (secondary N) is 2. The lowest BCUT2D eigenvalue weighted by Crippen LogP contribution is -2.78. The Morgan fingerprint density at radius 2 is 2.00 bits per heavy atom. The molecule has 5 rings (SSSR count). The predicted octanol–water partition coefficient (Wildman–Crippen LogP) is 3.24. The normalized spacial score (nSPS) is 24.5. The van der Waals surface area contributed by atoms with Crippen molar-refractivity contribution in [2.75, 3.05) is 11.9 Å². The lowest BCUT2D eigenvalue weighted by Gasteiger charge is -2.69. The highest BCUT2D eigenvalue weighted by Crippen LogP contribution is 2.67. The number of carbonyl (C=O) groups is 2. The highest BCUT2D eigenvalue weighted by atomic mass is 35.5. The molecule has 0 aliphatic heterocycles. The second kappa shape index (κ2) is 6.74. The number of benzene rings is 1. The number of aromatic nitrogens is 1. The number of nitrogens with zero attached hydrogens (tertiary/aromatic N) is 1. The Morgan fingerprint density at radius 1 is 1.25 bits per heavy atom. The Hall–Kier alpha value is -2.67. The van der Waals surface area contributed by atoms with Crippen molar-refractivity contribution in [3.63, 3.8) is 0 Å². The fourth-order valence-electron chi connectivity index (χ4n) is 4.00. The van der Waals surface area contributed by atoms with Crippen LogP contribution in [-0.2, 0) is 9.59 Å². The van der Waals surface area contributed by atoms with Crippen molar-refractivity contribution in [3.8, 4) is 5.75 Å². The molecule has 2 amide bonds. The fourth-order valence-corrected chi connectivity index (χ4v) is 4.12. The van der Waals surface area contributed by atoms with Crippen molar-refractivity contribution >= 4 is 29.2 Å². The van der Waals surface area contributed by atoms with Crippen LogP contribution in [-0.4, -0.2) is 28.9 Å². The van der Waals surface area contributed by atoms with Crippen LogP contribution in [0.4, 0.5) is 10.2 Å². The van der Waals surface area contributed by atoms with E-state index in [0.29, 0.717) is 25.1 Å². The van der Waals surface area contributed by atoms with Gasteiger partial charge in [0.15, 0.2) is 6.61 Å². The first-order valence-corrected chi connectivity index (χ1v) is 9.30. The molecular weight excluding hydrogens is 385 g/mol. The summed E-state index contributed by atoms with van der Waals surface area (Å²) in [6.45, 7) is 1.70. The molecule has 6 nitrogen and oxygen atoms in total. The lowest BCUT2D eigenvalue weighted by atomic mass is 9.39. The number of amides is 2. The molecule has 2 N–H and O–H groups in total. The van der Waals surface area contributed by atoms with Gasteiger partial charge in [0.25, 0.3) is 5.91 Å². The van der Waals surface area contributed by atoms with Crippen LogP contribution >= 0.6 is 11.6 Å². The summed E-state index contributed by atoms with van der Waals surface area (Å²) in [5, 5.41) is 5.76. The first kappa shape index (κ1) is 18.7. The van der Waals surface area contributed by atoms with Gasteiger partial charge in [-0.25, -0.2) is 9.37 Å². The van der Waals surface area contributed by atoms with E-state index in [1.165, 1.54) is 12.1 Å². The van der Waals surface area contributed by atoms with Gasteiger partial charge in [0.1, 0.15) is 17.4 Å². The third-order valence-electron chi connectivity index (χ3n) is 5.33. The monoisotopic (exact) mass is 403 g/mol. The van der Waals surface area contributed by atoms with Crippen molar-refractivity contribution in [2.24, 2.45) is 5.41 Å². The minimum absolute atomic E-state index is 0.00456. The number of anilines is 1. The molecule has 8 heteroatoms. The molecule has 0 radical (unpaired) electrons. The lowest BCUT2D eigenvalue weighted by molar-refractivity contribution is -0.179. The molecule has 28 heavy (non-hydrogen) atoms. The molecule has 0 atom stereocenters. The van der Waals surface area contributed by atoms with Crippen molar-refractivity contribution in [2.45, 2.75) is 31.7 Å². The van der Waals surface area contributed by atoms with Gasteiger partial charge < -0.3 is 15.4 Å². The summed E-state index contributed by atoms with van der Waals surface area (Å²) in [7, 11) is 0. The average Bonchev–Trinajstić information content (AvgIpc) is 2.59. The Balaban J connectivity index is 1.24. The van der Waals surface area contributed by atoms with Gasteiger partial charge in [-0.05, 0) is 49.9 Å². The number of pyridine rings is 1. The number of ether oxygens (including phenoxy) is 1. The van der Waals surface area contributed by atoms with E-state index in [1.807, 2.05) is 13.0 Å². The minimum atomic E-state index is -0.602. The van der Waals surface area contributed by atoms with Crippen molar-refractivity contribution in [1.82, 2.24) is 10.3 Å². The molecule has 1 aromatic heterocycles. The average molecular weight is 404 g/mol. The maximum Gasteiger partial charge on any atom is 0.258 e. The molecule has 3 aliphatic rings. The molecule has 2 bridgehead atoms. The van der Waals surface area contributed by atoms with Crippen LogP contribution in [0.2, 0.25) is 5.02 Å². The summed E-state index contributed by atoms with van der Waals surface area (Å²) in [6.07, 6.45) is 3.49. The topological polar surface area (TPSA) is 80.3 Å². The third-order valence-corrected chi connectivity index (χ3v) is 5.64. The molecule has 1 aromatic carbocycles. The predicted molar refractivity (Wildman–Crippen MR) is 102 cm³/mol. The first-order chi connectivity index (χ1) is 13.3. The summed E-state index contributed by atoms with van der Waals surface area (Å²) < 4.78 is 18.7. The zero-order valence-corrected chi connectivity index (χ0v) is 16.0. The van der Waals surface area contributed by atoms with E-state index in [-0.39, 0.29) is 34.7 Å². The Bertz CT molecular complexity index is 928. The molecule has 146 valence electrons. The van der Waals surface area contributed by atoms with E-state index in [2.05, 4.69) is 15.6 Å². The van der Waals surface area contributed by atoms with Crippen LogP contribution in [0.3, 0.4) is 0 Å². The number of carbonyl (C=O) groups excluding carboxylic acids is 2. The number of rotatable bonds is 6. The Labute approximate surface area is 166 Å². The summed E-state index contributed by atoms with van der Waals surface area (Å²) in [5.41, 5.74) is 0.248. The Morgan fingerprint density at radius 3 is 2.64 bits per heavy atom. The summed E-state index contributed by atoms with van der Waals surface area (Å²) in [4.78, 5) is 28.8. The van der Waals surface area contributed by atoms with E-state index < -0.39 is 11.2 Å². The SMILES string of the molecule is Cc1ccc(NC(=O)C23CC(NC(=O)COc4ccc(Cl)c(F)c4)(C2)C3)nc1. The van der Waals surface area contributed by atoms with Crippen LogP contribution in [0, 0.1) is 18.2 Å². The van der Waals surface area contributed by atoms with Gasteiger partial charge in [0.2, 0.25) is 5.91 Å². The minimum Gasteiger partial charge on any atom is -0.484 e. The molecule has 3 fully saturated rings. The second-order valence-electron chi connectivity index (χ2n) is 7.68. The van der Waals surface area contributed by atoms with Crippen LogP contribution in [0.5, 0.6) is 5.75 Å². The van der Waals surface area contributed by atoms with E-state index in [4.69, 9.17) is 16.3 Å². The van der Waals surface area contributed by atoms with Crippen molar-refractivity contribution in [1.29, 1.82) is 0 Å². The number of hydrogen-bond acceptors (Lipinski definition) is 4. The standard InChI is InChI=1S/C20H19ClFN3O3/c1-12-2-5-16(23-7-12)24-18(27)19-9-20(10-19,11-19)25-17(26)8-28-13-3-4-14(21)15(22)6-13/h2-7H,8-11H2,1H3,(H,25,26)(H,23,24,27). The van der Waals surface area contributed by atoms with Gasteiger partial charge in [0.05, 0.1) is 10.4 Å². The van der Waals surface area contributed by atoms with Crippen molar-refractivity contribution in [3.05, 3.63) is 52.9 Å². The zero-order chi connectivity index (χ0) is 19.9. The first-order valence-electron chi connectivity index (χ1n) is 8.92. The molecule has 0 unspecified atom stereocenters. The molecule has 3 saturated carbocycles. The molecular formula is C20H19ClFN3O3. The van der Waals surface area contributed by atoms with E-state index in [0.717, 1.165) is 11.6 Å². The van der Waals surface area contributed by atoms with E-state index in [9.17, 15) is 14.0 Å². The van der Waals surface area contributed by atoms with Gasteiger partial charge in [-0.1, -0.05) is 17.7 Å². The highest BCUT2D eigenvalue weighted by Gasteiger charge is 2.72. The second-order valence-corrected chi connectivity index (χ2v) is 8.09. The molecule has 2 aromatic rings. The molecule has 1 heterocycles. The van der Waals surface area contributed by atoms with Gasteiger partial charge >= 0.3 is 0 Å². The zero-order valence-electron chi connectivity index (χ0n) is 15.2. The third kappa shape index (κ3) is 3.42. The fraction of sp³-hybridized carbons (Fsp3) is 0.350. The van der Waals surface area contributed by atoms with Crippen LogP contribution in [0.1, 0.15) is 24.8 Å². The van der Waals surface area contributed by atoms with Gasteiger partial charge in [0, 0.05) is 17.8 Å². The van der Waals surface area contributed by atoms with Gasteiger partial charge in [-0.15, -0.1) is 0 Å². The number of halogens is 2. The Kier molecular flexibility index (Phi) is 4.50. The highest BCUT2D eigenvalue weighted by molar-refractivity contribution is 6.30. The molecule has 3 aliphatic carbocycles. The quantitative estimate of drug-likeness (QED) is 0.776. The van der Waals surface area contributed by atoms with E-state index in [1.54, 1.807) is 12.3 Å². The molecule has 0 saturated heterocycles. The molecule has 0 spiro atoms. The smallest absolute Gasteiger partial charge is 0.258 e. The summed E-state index contributed by atoms with van der Waals surface area (Å²) in [5.74, 6) is -0.203. The maximum absolute atomic E-state index is 13.4.